The summed E-state index contributed by atoms with van der Waals surface area (Å²) in [7, 11) is 1.80. The molecular weight excluding hydrogens is 566 g/mol. The van der Waals surface area contributed by atoms with Crippen LogP contribution in [0.3, 0.4) is 0 Å². The van der Waals surface area contributed by atoms with E-state index < -0.39 is 10.0 Å². The van der Waals surface area contributed by atoms with Crippen LogP contribution in [0.1, 0.15) is 29.3 Å². The van der Waals surface area contributed by atoms with Gasteiger partial charge in [0.05, 0.1) is 48.0 Å². The van der Waals surface area contributed by atoms with Crippen molar-refractivity contribution in [3.05, 3.63) is 46.7 Å². The second-order valence-electron chi connectivity index (χ2n) is 10.1. The van der Waals surface area contributed by atoms with Crippen molar-refractivity contribution in [2.45, 2.75) is 33.0 Å². The fourth-order valence-electron chi connectivity index (χ4n) is 4.65. The summed E-state index contributed by atoms with van der Waals surface area (Å²) in [5.74, 6) is -0.183. The maximum atomic E-state index is 12.7. The van der Waals surface area contributed by atoms with Gasteiger partial charge in [-0.15, -0.1) is 11.3 Å². The van der Waals surface area contributed by atoms with Crippen LogP contribution in [-0.2, 0) is 21.8 Å². The molecule has 41 heavy (non-hydrogen) atoms. The molecule has 4 heterocycles. The molecule has 3 aromatic heterocycles. The molecule has 1 saturated heterocycles. The monoisotopic (exact) mass is 601 g/mol. The molecule has 1 fully saturated rings. The van der Waals surface area contributed by atoms with Crippen LogP contribution in [0.25, 0.3) is 22.0 Å². The zero-order valence-electron chi connectivity index (χ0n) is 24.1. The van der Waals surface area contributed by atoms with Gasteiger partial charge in [-0.2, -0.15) is 5.10 Å². The number of pyridine rings is 1. The number of amides is 1. The van der Waals surface area contributed by atoms with Crippen LogP contribution in [0.5, 0.6) is 5.88 Å². The molecule has 0 spiro atoms. The smallest absolute Gasteiger partial charge is 0.275 e. The number of carbonyl (C=O) groups is 1. The molecular formula is C27H35N7O5S2. The molecule has 0 unspecified atom stereocenters. The summed E-state index contributed by atoms with van der Waals surface area (Å²) in [5.41, 5.74) is 3.20. The molecule has 1 aliphatic rings. The summed E-state index contributed by atoms with van der Waals surface area (Å²) in [6.07, 6.45) is 5.12. The van der Waals surface area contributed by atoms with Crippen LogP contribution < -0.4 is 14.8 Å². The highest BCUT2D eigenvalue weighted by molar-refractivity contribution is 7.92. The lowest BCUT2D eigenvalue weighted by Crippen LogP contribution is -2.42. The van der Waals surface area contributed by atoms with Crippen LogP contribution in [0.15, 0.2) is 36.0 Å². The van der Waals surface area contributed by atoms with Crippen molar-refractivity contribution in [3.8, 4) is 17.0 Å². The van der Waals surface area contributed by atoms with Gasteiger partial charge in [0.2, 0.25) is 15.9 Å². The fourth-order valence-corrected chi connectivity index (χ4v) is 5.79. The number of aryl methyl sites for hydroxylation is 2. The maximum Gasteiger partial charge on any atom is 0.275 e. The van der Waals surface area contributed by atoms with Crippen molar-refractivity contribution in [3.63, 3.8) is 0 Å². The number of likely N-dealkylation sites (N-methyl/N-ethyl adjacent to an activating group) is 1. The van der Waals surface area contributed by atoms with E-state index in [1.165, 1.54) is 18.4 Å². The zero-order chi connectivity index (χ0) is 29.9. The maximum absolute atomic E-state index is 12.7. The number of nitrogens with zero attached hydrogens (tertiary/aromatic N) is 5. The Bertz CT molecular complexity index is 1630. The molecule has 0 saturated carbocycles. The van der Waals surface area contributed by atoms with Crippen LogP contribution in [-0.4, -0.2) is 84.7 Å². The van der Waals surface area contributed by atoms with E-state index in [1.54, 1.807) is 41.6 Å². The summed E-state index contributed by atoms with van der Waals surface area (Å²) < 4.78 is 38.3. The third kappa shape index (κ3) is 7.79. The Labute approximate surface area is 243 Å². The number of ether oxygens (including phenoxy) is 2. The molecule has 2 N–H and O–H groups in total. The van der Waals surface area contributed by atoms with Crippen LogP contribution in [0.2, 0.25) is 0 Å². The number of anilines is 2. The van der Waals surface area contributed by atoms with Gasteiger partial charge in [-0.3, -0.25) is 14.2 Å². The van der Waals surface area contributed by atoms with Crippen molar-refractivity contribution >= 4 is 49.5 Å². The normalized spacial score (nSPS) is 17.5. The van der Waals surface area contributed by atoms with Gasteiger partial charge < -0.3 is 19.7 Å². The minimum absolute atomic E-state index is 0.146. The van der Waals surface area contributed by atoms with Gasteiger partial charge in [0.25, 0.3) is 5.91 Å². The molecule has 2 atom stereocenters. The van der Waals surface area contributed by atoms with E-state index in [0.717, 1.165) is 35.3 Å². The molecule has 14 heteroatoms. The van der Waals surface area contributed by atoms with Crippen molar-refractivity contribution in [1.82, 2.24) is 24.6 Å². The van der Waals surface area contributed by atoms with E-state index in [2.05, 4.69) is 50.9 Å². The van der Waals surface area contributed by atoms with Crippen molar-refractivity contribution in [1.29, 1.82) is 0 Å². The fraction of sp³-hybridized carbons (Fsp3) is 0.407. The Morgan fingerprint density at radius 3 is 2.37 bits per heavy atom. The average Bonchev–Trinajstić information content (AvgIpc) is 3.48. The van der Waals surface area contributed by atoms with Crippen LogP contribution >= 0.6 is 11.3 Å². The molecule has 0 radical (unpaired) electrons. The van der Waals surface area contributed by atoms with Crippen molar-refractivity contribution in [2.24, 2.45) is 7.05 Å². The Kier molecular flexibility index (Phi) is 9.27. The predicted octanol–water partition coefficient (Wildman–Crippen LogP) is 3.76. The SMILES string of the molecule is COc1ncc(-c2cc(NC(=O)c3csc(C)n3)c3cnn(C)c3c2)cc1NS(C)(=O)=O.C[C@@H]1CN(C)C[C@H](C)O1. The van der Waals surface area contributed by atoms with E-state index in [9.17, 15) is 13.2 Å². The summed E-state index contributed by atoms with van der Waals surface area (Å²) in [6, 6.07) is 5.30. The average molecular weight is 602 g/mol. The summed E-state index contributed by atoms with van der Waals surface area (Å²) in [6.45, 7) is 8.22. The number of aromatic nitrogens is 4. The third-order valence-corrected chi connectivity index (χ3v) is 7.61. The highest BCUT2D eigenvalue weighted by atomic mass is 32.2. The lowest BCUT2D eigenvalue weighted by molar-refractivity contribution is -0.0602. The Hall–Kier alpha value is -3.59. The van der Waals surface area contributed by atoms with Crippen molar-refractivity contribution in [2.75, 3.05) is 43.5 Å². The van der Waals surface area contributed by atoms with E-state index in [4.69, 9.17) is 9.47 Å². The number of fused-ring (bicyclic) bond motifs is 1. The molecule has 0 aliphatic carbocycles. The number of nitrogens with one attached hydrogen (secondary N) is 2. The lowest BCUT2D eigenvalue weighted by Gasteiger charge is -2.32. The second kappa shape index (κ2) is 12.5. The summed E-state index contributed by atoms with van der Waals surface area (Å²) in [5, 5.41) is 10.5. The first-order valence-corrected chi connectivity index (χ1v) is 15.7. The molecule has 0 bridgehead atoms. The van der Waals surface area contributed by atoms with Crippen LogP contribution in [0, 0.1) is 6.92 Å². The largest absolute Gasteiger partial charge is 0.480 e. The zero-order valence-corrected chi connectivity index (χ0v) is 25.8. The quantitative estimate of drug-likeness (QED) is 0.338. The van der Waals surface area contributed by atoms with E-state index in [1.807, 2.05) is 13.0 Å². The first kappa shape index (κ1) is 30.4. The second-order valence-corrected chi connectivity index (χ2v) is 12.9. The minimum atomic E-state index is -3.54. The number of methoxy groups -OCH3 is 1. The molecule has 1 amide bonds. The van der Waals surface area contributed by atoms with E-state index in [0.29, 0.717) is 34.7 Å². The molecule has 1 aromatic carbocycles. The molecule has 220 valence electrons. The number of morpholine rings is 1. The molecule has 12 nitrogen and oxygen atoms in total. The Balaban J connectivity index is 0.000000367. The lowest BCUT2D eigenvalue weighted by atomic mass is 10.0. The highest BCUT2D eigenvalue weighted by Gasteiger charge is 2.19. The number of benzene rings is 1. The Morgan fingerprint density at radius 2 is 1.78 bits per heavy atom. The summed E-state index contributed by atoms with van der Waals surface area (Å²) in [4.78, 5) is 23.5. The number of carbonyl (C=O) groups excluding carboxylic acids is 1. The number of sulfonamides is 1. The van der Waals surface area contributed by atoms with Gasteiger partial charge >= 0.3 is 0 Å². The van der Waals surface area contributed by atoms with Gasteiger partial charge in [0, 0.05) is 42.7 Å². The standard InChI is InChI=1S/C20H20N6O4S2.C7H15NO/c1-11-23-17(10-31-11)19(27)24-15-5-12(7-18-14(15)9-22-26(18)2)13-6-16(25-32(4,28)29)20(30-3)21-8-13;1-6-4-8(3)5-7(2)9-6/h5-10,25H,1-4H3,(H,24,27);6-7H,4-5H2,1-3H3/t;6-,7+. The molecule has 4 aromatic rings. The summed E-state index contributed by atoms with van der Waals surface area (Å²) >= 11 is 1.40. The molecule has 5 rings (SSSR count). The van der Waals surface area contributed by atoms with Gasteiger partial charge in [-0.1, -0.05) is 0 Å². The van der Waals surface area contributed by atoms with E-state index >= 15 is 0 Å². The van der Waals surface area contributed by atoms with E-state index in [-0.39, 0.29) is 17.5 Å². The predicted molar refractivity (Wildman–Crippen MR) is 161 cm³/mol. The topological polar surface area (TPSA) is 141 Å². The van der Waals surface area contributed by atoms with Crippen LogP contribution in [0.4, 0.5) is 11.4 Å². The Morgan fingerprint density at radius 1 is 1.10 bits per heavy atom. The minimum Gasteiger partial charge on any atom is -0.480 e. The third-order valence-electron chi connectivity index (χ3n) is 6.24. The molecule has 1 aliphatic heterocycles. The number of rotatable bonds is 6. The van der Waals surface area contributed by atoms with Gasteiger partial charge in [-0.25, -0.2) is 18.4 Å². The van der Waals surface area contributed by atoms with Gasteiger partial charge in [0.15, 0.2) is 0 Å². The van der Waals surface area contributed by atoms with Gasteiger partial charge in [-0.05, 0) is 51.6 Å². The van der Waals surface area contributed by atoms with Crippen molar-refractivity contribution < 1.29 is 22.7 Å². The number of hydrogen-bond donors (Lipinski definition) is 2. The first-order valence-electron chi connectivity index (χ1n) is 12.9. The highest BCUT2D eigenvalue weighted by Crippen LogP contribution is 2.34. The van der Waals surface area contributed by atoms with Gasteiger partial charge in [0.1, 0.15) is 11.4 Å². The number of hydrogen-bond acceptors (Lipinski definition) is 10. The number of thiazole rings is 1. The first-order chi connectivity index (χ1) is 19.3.